The van der Waals surface area contributed by atoms with Gasteiger partial charge in [-0.25, -0.2) is 14.4 Å². The van der Waals surface area contributed by atoms with Gasteiger partial charge in [0.1, 0.15) is 24.1 Å². The summed E-state index contributed by atoms with van der Waals surface area (Å²) in [6, 6.07) is 10.9. The number of rotatable bonds is 3. The minimum absolute atomic E-state index is 0.214. The van der Waals surface area contributed by atoms with Gasteiger partial charge in [0.15, 0.2) is 0 Å². The summed E-state index contributed by atoms with van der Waals surface area (Å²) in [4.78, 5) is 19.1. The zero-order chi connectivity index (χ0) is 24.7. The molecule has 0 amide bonds. The lowest BCUT2D eigenvalue weighted by atomic mass is 10.0. The lowest BCUT2D eigenvalue weighted by Gasteiger charge is -2.39. The quantitative estimate of drug-likeness (QED) is 0.522. The minimum Gasteiger partial charge on any atom is -0.353 e. The summed E-state index contributed by atoms with van der Waals surface area (Å²) in [6.07, 6.45) is 1.84. The number of nitrogens with zero attached hydrogens (tertiary/aromatic N) is 5. The fourth-order valence-electron chi connectivity index (χ4n) is 4.90. The van der Waals surface area contributed by atoms with E-state index in [1.165, 1.54) is 6.07 Å². The molecule has 2 aliphatic rings. The fraction of sp³-hybridized carbons (Fsp3) is 0.370. The highest BCUT2D eigenvalue weighted by Crippen LogP contribution is 2.41. The number of aliphatic imine (C=N–C) groups is 1. The van der Waals surface area contributed by atoms with Gasteiger partial charge in [-0.1, -0.05) is 37.6 Å². The van der Waals surface area contributed by atoms with Crippen LogP contribution < -0.4 is 10.2 Å². The Bertz CT molecular complexity index is 1290. The van der Waals surface area contributed by atoms with Crippen molar-refractivity contribution in [2.75, 3.05) is 31.2 Å². The van der Waals surface area contributed by atoms with Crippen molar-refractivity contribution in [3.8, 4) is 11.3 Å². The number of piperazine rings is 1. The van der Waals surface area contributed by atoms with Crippen LogP contribution in [-0.2, 0) is 0 Å². The van der Waals surface area contributed by atoms with Crippen molar-refractivity contribution in [3.05, 3.63) is 70.3 Å². The van der Waals surface area contributed by atoms with Crippen LogP contribution in [0.3, 0.4) is 0 Å². The van der Waals surface area contributed by atoms with Crippen LogP contribution in [0.2, 0.25) is 5.02 Å². The first-order valence-electron chi connectivity index (χ1n) is 12.1. The molecule has 6 nitrogen and oxygen atoms in total. The highest BCUT2D eigenvalue weighted by atomic mass is 35.5. The van der Waals surface area contributed by atoms with Crippen LogP contribution in [-0.4, -0.2) is 53.0 Å². The van der Waals surface area contributed by atoms with Gasteiger partial charge in [-0.2, -0.15) is 0 Å². The summed E-state index contributed by atoms with van der Waals surface area (Å²) in [5.74, 6) is 1.47. The third kappa shape index (κ3) is 4.39. The molecule has 1 N–H and O–H groups in total. The van der Waals surface area contributed by atoms with Crippen molar-refractivity contribution in [2.45, 2.75) is 39.7 Å². The van der Waals surface area contributed by atoms with E-state index < -0.39 is 0 Å². The number of aryl methyl sites for hydroxylation is 1. The van der Waals surface area contributed by atoms with E-state index in [9.17, 15) is 4.39 Å². The number of pyridine rings is 2. The summed E-state index contributed by atoms with van der Waals surface area (Å²) in [5, 5.41) is 3.89. The second-order valence-electron chi connectivity index (χ2n) is 9.54. The van der Waals surface area contributed by atoms with Crippen LogP contribution in [0.4, 0.5) is 15.9 Å². The molecule has 1 atom stereocenters. The largest absolute Gasteiger partial charge is 0.353 e. The molecule has 4 heterocycles. The molecule has 2 aliphatic heterocycles. The molecule has 8 heteroatoms. The maximum absolute atomic E-state index is 14.8. The second kappa shape index (κ2) is 9.55. The van der Waals surface area contributed by atoms with Gasteiger partial charge in [0.25, 0.3) is 0 Å². The molecule has 0 aliphatic carbocycles. The molecule has 0 bridgehead atoms. The number of anilines is 2. The molecule has 5 rings (SSSR count). The van der Waals surface area contributed by atoms with Crippen LogP contribution in [0.5, 0.6) is 0 Å². The van der Waals surface area contributed by atoms with E-state index in [2.05, 4.69) is 42.8 Å². The molecule has 35 heavy (non-hydrogen) atoms. The molecule has 0 spiro atoms. The van der Waals surface area contributed by atoms with Crippen LogP contribution in [0, 0.1) is 12.7 Å². The maximum atomic E-state index is 14.8. The van der Waals surface area contributed by atoms with E-state index in [0.29, 0.717) is 29.0 Å². The minimum atomic E-state index is -0.352. The van der Waals surface area contributed by atoms with Gasteiger partial charge >= 0.3 is 0 Å². The molecule has 0 unspecified atom stereocenters. The summed E-state index contributed by atoms with van der Waals surface area (Å²) in [6.45, 7) is 11.5. The topological polar surface area (TPSA) is 56.7 Å². The summed E-state index contributed by atoms with van der Waals surface area (Å²) < 4.78 is 14.8. The first-order valence-corrected chi connectivity index (χ1v) is 12.4. The summed E-state index contributed by atoms with van der Waals surface area (Å²) in [5.41, 5.74) is 4.73. The fourth-order valence-corrected chi connectivity index (χ4v) is 5.15. The van der Waals surface area contributed by atoms with Crippen molar-refractivity contribution in [3.63, 3.8) is 0 Å². The van der Waals surface area contributed by atoms with Gasteiger partial charge in [-0.05, 0) is 49.6 Å². The molecule has 0 saturated carbocycles. The molecule has 0 radical (unpaired) electrons. The lowest BCUT2D eigenvalue weighted by Crippen LogP contribution is -2.52. The van der Waals surface area contributed by atoms with Gasteiger partial charge in [0.2, 0.25) is 0 Å². The number of fused-ring (bicyclic) bond motifs is 1. The van der Waals surface area contributed by atoms with Crippen LogP contribution in [0.1, 0.15) is 43.5 Å². The molecular weight excluding hydrogens is 463 g/mol. The Labute approximate surface area is 210 Å². The Morgan fingerprint density at radius 2 is 1.97 bits per heavy atom. The highest BCUT2D eigenvalue weighted by Gasteiger charge is 2.32. The zero-order valence-corrected chi connectivity index (χ0v) is 21.3. The Morgan fingerprint density at radius 3 is 2.71 bits per heavy atom. The predicted molar refractivity (Wildman–Crippen MR) is 140 cm³/mol. The second-order valence-corrected chi connectivity index (χ2v) is 9.95. The van der Waals surface area contributed by atoms with Gasteiger partial charge in [0.05, 0.1) is 27.7 Å². The number of hydrogen-bond donors (Lipinski definition) is 1. The Kier molecular flexibility index (Phi) is 6.47. The normalized spacial score (nSPS) is 18.0. The first-order chi connectivity index (χ1) is 16.8. The van der Waals surface area contributed by atoms with Gasteiger partial charge in [-0.3, -0.25) is 4.98 Å². The highest BCUT2D eigenvalue weighted by molar-refractivity contribution is 6.33. The van der Waals surface area contributed by atoms with E-state index in [1.54, 1.807) is 18.2 Å². The van der Waals surface area contributed by atoms with Gasteiger partial charge < -0.3 is 15.1 Å². The lowest BCUT2D eigenvalue weighted by molar-refractivity contribution is 0.303. The van der Waals surface area contributed by atoms with Crippen molar-refractivity contribution >= 4 is 28.9 Å². The maximum Gasteiger partial charge on any atom is 0.146 e. The molecule has 1 aromatic carbocycles. The number of amidine groups is 1. The van der Waals surface area contributed by atoms with Gasteiger partial charge in [-0.15, -0.1) is 0 Å². The Morgan fingerprint density at radius 1 is 1.17 bits per heavy atom. The van der Waals surface area contributed by atoms with Crippen molar-refractivity contribution in [1.29, 1.82) is 0 Å². The predicted octanol–water partition coefficient (Wildman–Crippen LogP) is 5.52. The van der Waals surface area contributed by atoms with Gasteiger partial charge in [0, 0.05) is 37.4 Å². The SMILES string of the molecule is Cc1ccnc(C(C)C)c1N1CN=C(N2CCN[C@H](C)C2)c2cc(Cl)c(-c3ccccc3F)nc21. The first kappa shape index (κ1) is 23.7. The number of nitrogens with one attached hydrogen (secondary N) is 1. The van der Waals surface area contributed by atoms with Crippen LogP contribution >= 0.6 is 11.6 Å². The zero-order valence-electron chi connectivity index (χ0n) is 20.5. The van der Waals surface area contributed by atoms with E-state index in [1.807, 2.05) is 18.3 Å². The Balaban J connectivity index is 1.72. The van der Waals surface area contributed by atoms with Crippen LogP contribution in [0.15, 0.2) is 47.6 Å². The standard InChI is InChI=1S/C27H30ClFN6/c1-16(2)23-25(17(3)9-10-31-23)35-15-32-26(34-12-11-30-18(4)14-34)20-13-21(28)24(33-27(20)35)19-7-5-6-8-22(19)29/h5-10,13,16,18,30H,11-12,14-15H2,1-4H3/t18-/m1/s1. The number of benzene rings is 1. The van der Waals surface area contributed by atoms with E-state index in [4.69, 9.17) is 26.6 Å². The number of hydrogen-bond acceptors (Lipinski definition) is 6. The third-order valence-corrected chi connectivity index (χ3v) is 6.87. The van der Waals surface area contributed by atoms with Crippen molar-refractivity contribution in [2.24, 2.45) is 4.99 Å². The smallest absolute Gasteiger partial charge is 0.146 e. The average Bonchev–Trinajstić information content (AvgIpc) is 2.83. The number of halogens is 2. The van der Waals surface area contributed by atoms with E-state index in [-0.39, 0.29) is 11.7 Å². The molecule has 1 fully saturated rings. The van der Waals surface area contributed by atoms with Crippen molar-refractivity contribution < 1.29 is 4.39 Å². The average molecular weight is 493 g/mol. The molecule has 1 saturated heterocycles. The molecule has 182 valence electrons. The monoisotopic (exact) mass is 492 g/mol. The summed E-state index contributed by atoms with van der Waals surface area (Å²) >= 11 is 6.76. The Hall–Kier alpha value is -3.03. The number of aromatic nitrogens is 2. The third-order valence-electron chi connectivity index (χ3n) is 6.58. The van der Waals surface area contributed by atoms with E-state index >= 15 is 0 Å². The van der Waals surface area contributed by atoms with Crippen molar-refractivity contribution in [1.82, 2.24) is 20.2 Å². The van der Waals surface area contributed by atoms with Crippen LogP contribution in [0.25, 0.3) is 11.3 Å². The summed E-state index contributed by atoms with van der Waals surface area (Å²) in [7, 11) is 0. The molecule has 2 aromatic heterocycles. The molecular formula is C27H30ClFN6. The molecule has 3 aromatic rings. The van der Waals surface area contributed by atoms with E-state index in [0.717, 1.165) is 53.8 Å².